The van der Waals surface area contributed by atoms with E-state index >= 15 is 0 Å². The summed E-state index contributed by atoms with van der Waals surface area (Å²) in [7, 11) is 1.54. The van der Waals surface area contributed by atoms with Crippen LogP contribution in [-0.4, -0.2) is 32.3 Å². The van der Waals surface area contributed by atoms with Crippen molar-refractivity contribution in [2.75, 3.05) is 20.1 Å². The van der Waals surface area contributed by atoms with Crippen LogP contribution in [0.2, 0.25) is 0 Å². The Balaban J connectivity index is 0.00000400. The Hall–Kier alpha value is -0.990. The van der Waals surface area contributed by atoms with E-state index in [1.165, 1.54) is 18.2 Å². The molecule has 0 radical (unpaired) electrons. The molecule has 0 spiro atoms. The van der Waals surface area contributed by atoms with Gasteiger partial charge in [-0.05, 0) is 18.9 Å². The Morgan fingerprint density at radius 2 is 1.67 bits per heavy atom. The van der Waals surface area contributed by atoms with Crippen molar-refractivity contribution in [2.45, 2.75) is 25.9 Å². The smallest absolute Gasteiger partial charge is 0.356 e. The Kier molecular flexibility index (Phi) is 9.39. The third-order valence-corrected chi connectivity index (χ3v) is 2.75. The monoisotopic (exact) mass is 415 g/mol. The SMILES string of the molecule is CN=C(NCCc1ccc(C)cc1)NCCC(F)(F)F.I. The standard InChI is InChI=1S/C14H20F3N3.HI/c1-11-3-5-12(6-4-11)7-9-19-13(18-2)20-10-8-14(15,16)17;/h3-6H,7-10H2,1-2H3,(H2,18,19,20);1H. The first-order valence-electron chi connectivity index (χ1n) is 6.47. The van der Waals surface area contributed by atoms with Crippen LogP contribution in [0.3, 0.4) is 0 Å². The molecule has 3 nitrogen and oxygen atoms in total. The molecule has 0 bridgehead atoms. The van der Waals surface area contributed by atoms with Gasteiger partial charge in [0, 0.05) is 20.1 Å². The van der Waals surface area contributed by atoms with Crippen molar-refractivity contribution < 1.29 is 13.2 Å². The Labute approximate surface area is 140 Å². The van der Waals surface area contributed by atoms with Gasteiger partial charge in [0.25, 0.3) is 0 Å². The Bertz CT molecular complexity index is 430. The van der Waals surface area contributed by atoms with Gasteiger partial charge in [-0.15, -0.1) is 24.0 Å². The van der Waals surface area contributed by atoms with Crippen LogP contribution >= 0.6 is 24.0 Å². The van der Waals surface area contributed by atoms with E-state index in [1.54, 1.807) is 0 Å². The van der Waals surface area contributed by atoms with E-state index in [1.807, 2.05) is 31.2 Å². The van der Waals surface area contributed by atoms with E-state index in [4.69, 9.17) is 0 Å². The molecule has 0 fully saturated rings. The third-order valence-electron chi connectivity index (χ3n) is 2.75. The van der Waals surface area contributed by atoms with E-state index in [-0.39, 0.29) is 30.5 Å². The van der Waals surface area contributed by atoms with Crippen molar-refractivity contribution in [3.05, 3.63) is 35.4 Å². The number of benzene rings is 1. The van der Waals surface area contributed by atoms with Crippen LogP contribution < -0.4 is 10.6 Å². The van der Waals surface area contributed by atoms with Crippen LogP contribution in [0.25, 0.3) is 0 Å². The Morgan fingerprint density at radius 1 is 1.10 bits per heavy atom. The number of nitrogens with zero attached hydrogens (tertiary/aromatic N) is 1. The maximum Gasteiger partial charge on any atom is 0.390 e. The Morgan fingerprint density at radius 3 is 2.19 bits per heavy atom. The lowest BCUT2D eigenvalue weighted by atomic mass is 10.1. The van der Waals surface area contributed by atoms with Gasteiger partial charge in [0.15, 0.2) is 5.96 Å². The van der Waals surface area contributed by atoms with Gasteiger partial charge in [0.1, 0.15) is 0 Å². The van der Waals surface area contributed by atoms with E-state index in [9.17, 15) is 13.2 Å². The molecule has 0 aromatic heterocycles. The molecule has 0 unspecified atom stereocenters. The van der Waals surface area contributed by atoms with E-state index in [0.29, 0.717) is 12.5 Å². The summed E-state index contributed by atoms with van der Waals surface area (Å²) in [5.41, 5.74) is 2.38. The van der Waals surface area contributed by atoms with Gasteiger partial charge in [-0.2, -0.15) is 13.2 Å². The molecular weight excluding hydrogens is 394 g/mol. The molecule has 0 saturated carbocycles. The van der Waals surface area contributed by atoms with Crippen molar-refractivity contribution in [3.8, 4) is 0 Å². The lowest BCUT2D eigenvalue weighted by Gasteiger charge is -2.13. The highest BCUT2D eigenvalue weighted by Gasteiger charge is 2.26. The minimum absolute atomic E-state index is 0. The van der Waals surface area contributed by atoms with Crippen LogP contribution in [0.4, 0.5) is 13.2 Å². The van der Waals surface area contributed by atoms with Crippen molar-refractivity contribution in [2.24, 2.45) is 4.99 Å². The zero-order valence-electron chi connectivity index (χ0n) is 12.1. The summed E-state index contributed by atoms with van der Waals surface area (Å²) in [5.74, 6) is 0.390. The highest BCUT2D eigenvalue weighted by Crippen LogP contribution is 2.17. The summed E-state index contributed by atoms with van der Waals surface area (Å²) in [6.07, 6.45) is -4.22. The molecule has 21 heavy (non-hydrogen) atoms. The molecule has 1 aromatic rings. The van der Waals surface area contributed by atoms with Gasteiger partial charge in [-0.1, -0.05) is 29.8 Å². The molecule has 7 heteroatoms. The highest BCUT2D eigenvalue weighted by molar-refractivity contribution is 14.0. The van der Waals surface area contributed by atoms with E-state index < -0.39 is 12.6 Å². The third kappa shape index (κ3) is 9.54. The summed E-state index contributed by atoms with van der Waals surface area (Å²) in [5, 5.41) is 5.63. The number of halogens is 4. The number of alkyl halides is 3. The average molecular weight is 415 g/mol. The summed E-state index contributed by atoms with van der Waals surface area (Å²) >= 11 is 0. The molecule has 2 N–H and O–H groups in total. The number of hydrogen-bond donors (Lipinski definition) is 2. The molecule has 0 atom stereocenters. The first-order chi connectivity index (χ1) is 9.40. The quantitative estimate of drug-likeness (QED) is 0.440. The van der Waals surface area contributed by atoms with Crippen LogP contribution in [0.5, 0.6) is 0 Å². The fraction of sp³-hybridized carbons (Fsp3) is 0.500. The fourth-order valence-electron chi connectivity index (χ4n) is 1.62. The maximum atomic E-state index is 12.0. The molecule has 120 valence electrons. The van der Waals surface area contributed by atoms with Crippen molar-refractivity contribution in [1.82, 2.24) is 10.6 Å². The highest BCUT2D eigenvalue weighted by atomic mass is 127. The largest absolute Gasteiger partial charge is 0.390 e. The van der Waals surface area contributed by atoms with Crippen molar-refractivity contribution in [3.63, 3.8) is 0 Å². The maximum absolute atomic E-state index is 12.0. The minimum Gasteiger partial charge on any atom is -0.356 e. The van der Waals surface area contributed by atoms with Crippen LogP contribution in [-0.2, 0) is 6.42 Å². The minimum atomic E-state index is -4.15. The summed E-state index contributed by atoms with van der Waals surface area (Å²) in [4.78, 5) is 3.88. The first-order valence-corrected chi connectivity index (χ1v) is 6.47. The van der Waals surface area contributed by atoms with Gasteiger partial charge in [0.05, 0.1) is 6.42 Å². The molecule has 0 aliphatic carbocycles. The van der Waals surface area contributed by atoms with E-state index in [2.05, 4.69) is 15.6 Å². The van der Waals surface area contributed by atoms with Gasteiger partial charge in [-0.25, -0.2) is 0 Å². The fourth-order valence-corrected chi connectivity index (χ4v) is 1.62. The van der Waals surface area contributed by atoms with Crippen LogP contribution in [0.15, 0.2) is 29.3 Å². The number of rotatable bonds is 5. The summed E-state index contributed by atoms with van der Waals surface area (Å²) in [6.45, 7) is 2.47. The lowest BCUT2D eigenvalue weighted by molar-refractivity contribution is -0.132. The van der Waals surface area contributed by atoms with Gasteiger partial charge < -0.3 is 10.6 Å². The van der Waals surface area contributed by atoms with Gasteiger partial charge in [-0.3, -0.25) is 4.99 Å². The molecule has 0 aliphatic heterocycles. The van der Waals surface area contributed by atoms with Crippen LogP contribution in [0, 0.1) is 6.92 Å². The number of aryl methyl sites for hydroxylation is 1. The second kappa shape index (κ2) is 9.86. The second-order valence-corrected chi connectivity index (χ2v) is 4.53. The first kappa shape index (κ1) is 20.0. The molecule has 0 aliphatic rings. The molecule has 0 heterocycles. The zero-order chi connectivity index (χ0) is 15.0. The van der Waals surface area contributed by atoms with Gasteiger partial charge in [0.2, 0.25) is 0 Å². The zero-order valence-corrected chi connectivity index (χ0v) is 14.5. The molecule has 1 rings (SSSR count). The summed E-state index contributed by atoms with van der Waals surface area (Å²) < 4.78 is 36.0. The number of guanidine groups is 1. The molecule has 0 amide bonds. The normalized spacial score (nSPS) is 11.8. The second-order valence-electron chi connectivity index (χ2n) is 4.53. The predicted octanol–water partition coefficient (Wildman–Crippen LogP) is 3.27. The lowest BCUT2D eigenvalue weighted by Crippen LogP contribution is -2.39. The molecule has 1 aromatic carbocycles. The van der Waals surface area contributed by atoms with Gasteiger partial charge >= 0.3 is 6.18 Å². The number of aliphatic imine (C=N–C) groups is 1. The molecular formula is C14H21F3IN3. The van der Waals surface area contributed by atoms with E-state index in [0.717, 1.165) is 6.42 Å². The average Bonchev–Trinajstić information content (AvgIpc) is 2.38. The van der Waals surface area contributed by atoms with Crippen molar-refractivity contribution >= 4 is 29.9 Å². The number of nitrogens with one attached hydrogen (secondary N) is 2. The topological polar surface area (TPSA) is 36.4 Å². The summed E-state index contributed by atoms with van der Waals surface area (Å²) in [6, 6.07) is 8.14. The molecule has 0 saturated heterocycles. The number of hydrogen-bond acceptors (Lipinski definition) is 1. The van der Waals surface area contributed by atoms with Crippen LogP contribution in [0.1, 0.15) is 17.5 Å². The van der Waals surface area contributed by atoms with Crippen molar-refractivity contribution in [1.29, 1.82) is 0 Å². The predicted molar refractivity (Wildman–Crippen MR) is 90.3 cm³/mol.